The van der Waals surface area contributed by atoms with E-state index in [0.717, 1.165) is 18.2 Å². The first-order valence-corrected chi connectivity index (χ1v) is 6.92. The Morgan fingerprint density at radius 3 is 2.70 bits per heavy atom. The Labute approximate surface area is 113 Å². The summed E-state index contributed by atoms with van der Waals surface area (Å²) in [5.41, 5.74) is -0.0923. The maximum absolute atomic E-state index is 13.2. The fraction of sp³-hybridized carbons (Fsp3) is 0.0833. The topological polar surface area (TPSA) is 96.6 Å². The van der Waals surface area contributed by atoms with Crippen molar-refractivity contribution in [1.29, 1.82) is 0 Å². The van der Waals surface area contributed by atoms with Gasteiger partial charge in [-0.1, -0.05) is 0 Å². The van der Waals surface area contributed by atoms with Crippen LogP contribution in [0.5, 0.6) is 0 Å². The molecule has 0 radical (unpaired) electrons. The first-order valence-electron chi connectivity index (χ1n) is 5.44. The number of nitrogens with one attached hydrogen (secondary N) is 1. The van der Waals surface area contributed by atoms with Gasteiger partial charge in [-0.3, -0.25) is 0 Å². The molecular formula is C12H10FNO5S. The lowest BCUT2D eigenvalue weighted by atomic mass is 10.2. The zero-order valence-electron chi connectivity index (χ0n) is 10.0. The second kappa shape index (κ2) is 5.43. The molecule has 0 saturated carbocycles. The summed E-state index contributed by atoms with van der Waals surface area (Å²) >= 11 is 0. The van der Waals surface area contributed by atoms with E-state index in [0.29, 0.717) is 5.56 Å². The van der Waals surface area contributed by atoms with Gasteiger partial charge in [0.05, 0.1) is 23.0 Å². The van der Waals surface area contributed by atoms with Gasteiger partial charge in [-0.25, -0.2) is 22.3 Å². The number of hydrogen-bond donors (Lipinski definition) is 2. The molecule has 0 atom stereocenters. The van der Waals surface area contributed by atoms with Gasteiger partial charge in [0.1, 0.15) is 5.82 Å². The van der Waals surface area contributed by atoms with Gasteiger partial charge in [-0.15, -0.1) is 0 Å². The SMILES string of the molecule is O=C(O)c1cc(S(=O)(=O)NCc2ccoc2)ccc1F. The summed E-state index contributed by atoms with van der Waals surface area (Å²) in [6.07, 6.45) is 2.76. The van der Waals surface area contributed by atoms with Gasteiger partial charge >= 0.3 is 5.97 Å². The van der Waals surface area contributed by atoms with E-state index in [-0.39, 0.29) is 11.4 Å². The van der Waals surface area contributed by atoms with Crippen LogP contribution in [0, 0.1) is 5.82 Å². The van der Waals surface area contributed by atoms with Crippen molar-refractivity contribution in [3.05, 3.63) is 53.7 Å². The zero-order chi connectivity index (χ0) is 14.8. The molecule has 0 aliphatic rings. The highest BCUT2D eigenvalue weighted by Gasteiger charge is 2.19. The van der Waals surface area contributed by atoms with Crippen molar-refractivity contribution in [2.75, 3.05) is 0 Å². The van der Waals surface area contributed by atoms with Crippen LogP contribution in [0.2, 0.25) is 0 Å². The Balaban J connectivity index is 2.25. The molecule has 1 aromatic heterocycles. The predicted molar refractivity (Wildman–Crippen MR) is 66.1 cm³/mol. The highest BCUT2D eigenvalue weighted by atomic mass is 32.2. The van der Waals surface area contributed by atoms with Crippen LogP contribution in [0.25, 0.3) is 0 Å². The van der Waals surface area contributed by atoms with Gasteiger partial charge in [-0.05, 0) is 24.3 Å². The van der Waals surface area contributed by atoms with Gasteiger partial charge in [0, 0.05) is 12.1 Å². The molecule has 0 aliphatic heterocycles. The summed E-state index contributed by atoms with van der Waals surface area (Å²) in [4.78, 5) is 10.5. The Bertz CT molecular complexity index is 724. The molecule has 1 aromatic carbocycles. The van der Waals surface area contributed by atoms with E-state index in [9.17, 15) is 17.6 Å². The first kappa shape index (κ1) is 14.2. The number of halogens is 1. The summed E-state index contributed by atoms with van der Waals surface area (Å²) in [7, 11) is -3.93. The third-order valence-electron chi connectivity index (χ3n) is 2.52. The van der Waals surface area contributed by atoms with Gasteiger partial charge in [0.25, 0.3) is 0 Å². The summed E-state index contributed by atoms with van der Waals surface area (Å²) in [6.45, 7) is -0.0153. The standard InChI is InChI=1S/C12H10FNO5S/c13-11-2-1-9(5-10(11)12(15)16)20(17,18)14-6-8-3-4-19-7-8/h1-5,7,14H,6H2,(H,15,16). The van der Waals surface area contributed by atoms with Crippen molar-refractivity contribution < 1.29 is 27.1 Å². The summed E-state index contributed by atoms with van der Waals surface area (Å²) in [5, 5.41) is 8.77. The molecule has 0 aliphatic carbocycles. The quantitative estimate of drug-likeness (QED) is 0.874. The lowest BCUT2D eigenvalue weighted by Gasteiger charge is -2.07. The van der Waals surface area contributed by atoms with E-state index < -0.39 is 27.4 Å². The van der Waals surface area contributed by atoms with E-state index in [1.165, 1.54) is 12.5 Å². The van der Waals surface area contributed by atoms with Crippen LogP contribution in [-0.4, -0.2) is 19.5 Å². The van der Waals surface area contributed by atoms with Gasteiger partial charge < -0.3 is 9.52 Å². The second-order valence-corrected chi connectivity index (χ2v) is 5.67. The van der Waals surface area contributed by atoms with E-state index in [4.69, 9.17) is 9.52 Å². The van der Waals surface area contributed by atoms with Crippen molar-refractivity contribution in [2.24, 2.45) is 0 Å². The smallest absolute Gasteiger partial charge is 0.338 e. The molecule has 106 valence electrons. The second-order valence-electron chi connectivity index (χ2n) is 3.90. The molecule has 0 bridgehead atoms. The number of hydrogen-bond acceptors (Lipinski definition) is 4. The molecule has 1 heterocycles. The van der Waals surface area contributed by atoms with Crippen LogP contribution in [0.15, 0.2) is 46.1 Å². The van der Waals surface area contributed by atoms with Crippen molar-refractivity contribution in [3.8, 4) is 0 Å². The molecule has 0 amide bonds. The predicted octanol–water partition coefficient (Wildman–Crippen LogP) is 1.60. The van der Waals surface area contributed by atoms with Gasteiger partial charge in [-0.2, -0.15) is 0 Å². The van der Waals surface area contributed by atoms with Crippen molar-refractivity contribution >= 4 is 16.0 Å². The van der Waals surface area contributed by atoms with Gasteiger partial charge in [0.15, 0.2) is 0 Å². The third-order valence-corrected chi connectivity index (χ3v) is 3.92. The van der Waals surface area contributed by atoms with E-state index in [1.807, 2.05) is 0 Å². The maximum Gasteiger partial charge on any atom is 0.338 e. The average molecular weight is 299 g/mol. The number of carboxylic acid groups (broad SMARTS) is 1. The van der Waals surface area contributed by atoms with E-state index in [1.54, 1.807) is 6.07 Å². The number of rotatable bonds is 5. The number of carbonyl (C=O) groups is 1. The largest absolute Gasteiger partial charge is 0.478 e. The molecule has 8 heteroatoms. The number of sulfonamides is 1. The van der Waals surface area contributed by atoms with Crippen LogP contribution < -0.4 is 4.72 Å². The molecule has 0 unspecified atom stereocenters. The third kappa shape index (κ3) is 3.03. The zero-order valence-corrected chi connectivity index (χ0v) is 10.9. The number of furan rings is 1. The summed E-state index contributed by atoms with van der Waals surface area (Å²) in [5.74, 6) is -2.53. The fourth-order valence-electron chi connectivity index (χ4n) is 1.49. The molecule has 0 saturated heterocycles. The fourth-order valence-corrected chi connectivity index (χ4v) is 2.53. The molecule has 0 fully saturated rings. The van der Waals surface area contributed by atoms with Crippen molar-refractivity contribution in [1.82, 2.24) is 4.72 Å². The molecule has 6 nitrogen and oxygen atoms in total. The van der Waals surface area contributed by atoms with E-state index >= 15 is 0 Å². The Kier molecular flexibility index (Phi) is 3.86. The minimum atomic E-state index is -3.93. The van der Waals surface area contributed by atoms with Crippen LogP contribution in [-0.2, 0) is 16.6 Å². The monoisotopic (exact) mass is 299 g/mol. The number of carboxylic acids is 1. The lowest BCUT2D eigenvalue weighted by molar-refractivity contribution is 0.0691. The normalized spacial score (nSPS) is 11.4. The molecule has 2 rings (SSSR count). The first-order chi connectivity index (χ1) is 9.40. The number of benzene rings is 1. The van der Waals surface area contributed by atoms with Gasteiger partial charge in [0.2, 0.25) is 10.0 Å². The van der Waals surface area contributed by atoms with E-state index in [2.05, 4.69) is 4.72 Å². The Hall–Kier alpha value is -2.19. The minimum absolute atomic E-state index is 0.0153. The molecule has 0 spiro atoms. The average Bonchev–Trinajstić information content (AvgIpc) is 2.89. The summed E-state index contributed by atoms with van der Waals surface area (Å²) in [6, 6.07) is 4.15. The van der Waals surface area contributed by atoms with Crippen molar-refractivity contribution in [3.63, 3.8) is 0 Å². The van der Waals surface area contributed by atoms with Crippen LogP contribution >= 0.6 is 0 Å². The number of aromatic carboxylic acids is 1. The molecule has 2 aromatic rings. The lowest BCUT2D eigenvalue weighted by Crippen LogP contribution is -2.23. The van der Waals surface area contributed by atoms with Crippen molar-refractivity contribution in [2.45, 2.75) is 11.4 Å². The minimum Gasteiger partial charge on any atom is -0.478 e. The Morgan fingerprint density at radius 2 is 2.10 bits per heavy atom. The molecule has 20 heavy (non-hydrogen) atoms. The molecular weight excluding hydrogens is 289 g/mol. The highest BCUT2D eigenvalue weighted by molar-refractivity contribution is 7.89. The van der Waals surface area contributed by atoms with Crippen LogP contribution in [0.4, 0.5) is 4.39 Å². The van der Waals surface area contributed by atoms with Crippen LogP contribution in [0.3, 0.4) is 0 Å². The Morgan fingerprint density at radius 1 is 1.35 bits per heavy atom. The highest BCUT2D eigenvalue weighted by Crippen LogP contribution is 2.15. The summed E-state index contributed by atoms with van der Waals surface area (Å²) < 4.78 is 44.2. The molecule has 2 N–H and O–H groups in total. The van der Waals surface area contributed by atoms with Crippen LogP contribution in [0.1, 0.15) is 15.9 Å². The maximum atomic E-state index is 13.2.